The molecule has 2 atom stereocenters. The van der Waals surface area contributed by atoms with Crippen molar-refractivity contribution < 1.29 is 14.7 Å². The fraction of sp³-hybridized carbons (Fsp3) is 0.714. The number of rotatable bonds is 3. The number of carbonyl (C=O) groups excluding carboxylic acids is 1. The van der Waals surface area contributed by atoms with Crippen LogP contribution in [0.2, 0.25) is 0 Å². The second-order valence-electron chi connectivity index (χ2n) is 12.4. The fourth-order valence-corrected chi connectivity index (χ4v) is 9.85. The molecule has 0 aromatic heterocycles. The van der Waals surface area contributed by atoms with Gasteiger partial charge in [-0.1, -0.05) is 24.3 Å². The number of likely N-dealkylation sites (tertiary alicyclic amines) is 1. The molecule has 4 bridgehead atoms. The Morgan fingerprint density at radius 3 is 2.12 bits per heavy atom. The zero-order chi connectivity index (χ0) is 23.0. The van der Waals surface area contributed by atoms with Gasteiger partial charge in [-0.25, -0.2) is 4.79 Å². The predicted octanol–water partition coefficient (Wildman–Crippen LogP) is 5.11. The number of carbonyl (C=O) groups is 2. The summed E-state index contributed by atoms with van der Waals surface area (Å²) < 4.78 is 0. The molecule has 1 aromatic rings. The van der Waals surface area contributed by atoms with Crippen LogP contribution in [0.3, 0.4) is 0 Å². The molecule has 1 heterocycles. The van der Waals surface area contributed by atoms with Gasteiger partial charge in [-0.3, -0.25) is 4.79 Å². The van der Waals surface area contributed by atoms with E-state index in [1.165, 1.54) is 49.7 Å². The summed E-state index contributed by atoms with van der Waals surface area (Å²) in [5.41, 5.74) is 3.14. The molecule has 178 valence electrons. The van der Waals surface area contributed by atoms with Crippen LogP contribution in [0.15, 0.2) is 24.3 Å². The molecule has 1 spiro atoms. The molecule has 5 nitrogen and oxygen atoms in total. The van der Waals surface area contributed by atoms with E-state index in [2.05, 4.69) is 24.3 Å². The van der Waals surface area contributed by atoms with Crippen LogP contribution in [-0.4, -0.2) is 54.1 Å². The average molecular weight is 451 g/mol. The van der Waals surface area contributed by atoms with Gasteiger partial charge in [0, 0.05) is 39.0 Å². The van der Waals surface area contributed by atoms with Gasteiger partial charge in [0.25, 0.3) is 0 Å². The Morgan fingerprint density at radius 2 is 1.58 bits per heavy atom. The zero-order valence-electron chi connectivity index (χ0n) is 20.1. The van der Waals surface area contributed by atoms with Gasteiger partial charge in [0.15, 0.2) is 0 Å². The van der Waals surface area contributed by atoms with Crippen molar-refractivity contribution in [2.45, 2.75) is 69.1 Å². The molecule has 1 aromatic carbocycles. The second kappa shape index (κ2) is 7.48. The molecular formula is C28H38N2O3. The van der Waals surface area contributed by atoms with E-state index in [0.29, 0.717) is 30.8 Å². The molecule has 33 heavy (non-hydrogen) atoms. The Bertz CT molecular complexity index is 926. The number of benzene rings is 1. The second-order valence-corrected chi connectivity index (χ2v) is 12.4. The quantitative estimate of drug-likeness (QED) is 0.696. The average Bonchev–Trinajstić information content (AvgIpc) is 3.03. The van der Waals surface area contributed by atoms with E-state index < -0.39 is 6.09 Å². The van der Waals surface area contributed by atoms with Gasteiger partial charge in [-0.2, -0.15) is 0 Å². The molecule has 6 aliphatic rings. The molecule has 0 radical (unpaired) electrons. The number of amides is 2. The van der Waals surface area contributed by atoms with Crippen LogP contribution in [0.5, 0.6) is 0 Å². The highest BCUT2D eigenvalue weighted by Gasteiger charge is 2.64. The van der Waals surface area contributed by atoms with Crippen LogP contribution >= 0.6 is 0 Å². The summed E-state index contributed by atoms with van der Waals surface area (Å²) in [5, 5.41) is 9.67. The number of hydrogen-bond acceptors (Lipinski definition) is 2. The first-order valence-corrected chi connectivity index (χ1v) is 13.1. The lowest BCUT2D eigenvalue weighted by Gasteiger charge is -2.63. The standard InChI is InChI=1S/C28H38N2O3/c1-29(2)24(31)14-22-21-5-3-4-6-23(21)28(7-9-30(10-8-28)26(32)33)25(22)27-15-18-11-19(16-27)13-20(12-18)17-27/h3-6,18-20,22,25H,7-17H2,1-2H3,(H,32,33). The lowest BCUT2D eigenvalue weighted by Crippen LogP contribution is -2.57. The van der Waals surface area contributed by atoms with E-state index in [-0.39, 0.29) is 17.2 Å². The molecule has 1 N–H and O–H groups in total. The van der Waals surface area contributed by atoms with Crippen molar-refractivity contribution in [2.24, 2.45) is 29.1 Å². The van der Waals surface area contributed by atoms with E-state index in [4.69, 9.17) is 0 Å². The van der Waals surface area contributed by atoms with Gasteiger partial charge in [-0.05, 0) is 97.5 Å². The van der Waals surface area contributed by atoms with Crippen molar-refractivity contribution in [3.63, 3.8) is 0 Å². The number of fused-ring (bicyclic) bond motifs is 2. The number of piperidine rings is 1. The van der Waals surface area contributed by atoms with Crippen molar-refractivity contribution in [1.82, 2.24) is 9.80 Å². The van der Waals surface area contributed by atoms with Crippen LogP contribution in [0.1, 0.15) is 74.8 Å². The largest absolute Gasteiger partial charge is 0.465 e. The zero-order valence-corrected chi connectivity index (χ0v) is 20.1. The van der Waals surface area contributed by atoms with E-state index >= 15 is 0 Å². The van der Waals surface area contributed by atoms with Crippen molar-refractivity contribution in [1.29, 1.82) is 0 Å². The first kappa shape index (κ1) is 21.5. The number of hydrogen-bond donors (Lipinski definition) is 1. The number of carboxylic acid groups (broad SMARTS) is 1. The minimum Gasteiger partial charge on any atom is -0.465 e. The molecule has 4 saturated carbocycles. The summed E-state index contributed by atoms with van der Waals surface area (Å²) in [6, 6.07) is 8.92. The van der Waals surface area contributed by atoms with Crippen LogP contribution < -0.4 is 0 Å². The molecule has 5 aliphatic carbocycles. The van der Waals surface area contributed by atoms with Gasteiger partial charge in [0.1, 0.15) is 0 Å². The van der Waals surface area contributed by atoms with E-state index in [1.54, 1.807) is 9.80 Å². The maximum atomic E-state index is 13.1. The number of nitrogens with zero attached hydrogens (tertiary/aromatic N) is 2. The Kier molecular flexibility index (Phi) is 4.87. The topological polar surface area (TPSA) is 60.9 Å². The minimum absolute atomic E-state index is 0.00543. The summed E-state index contributed by atoms with van der Waals surface area (Å²) in [6.07, 6.45) is 9.82. The Labute approximate surface area is 197 Å². The fourth-order valence-electron chi connectivity index (χ4n) is 9.85. The third-order valence-corrected chi connectivity index (χ3v) is 10.5. The minimum atomic E-state index is -0.790. The summed E-state index contributed by atoms with van der Waals surface area (Å²) in [4.78, 5) is 28.3. The lowest BCUT2D eigenvalue weighted by atomic mass is 9.42. The normalized spacial score (nSPS) is 37.9. The third kappa shape index (κ3) is 3.17. The first-order valence-electron chi connectivity index (χ1n) is 13.1. The maximum absolute atomic E-state index is 13.1. The van der Waals surface area contributed by atoms with Crippen molar-refractivity contribution in [2.75, 3.05) is 27.2 Å². The maximum Gasteiger partial charge on any atom is 0.407 e. The summed E-state index contributed by atoms with van der Waals surface area (Å²) in [7, 11) is 3.76. The van der Waals surface area contributed by atoms with Crippen molar-refractivity contribution in [3.8, 4) is 0 Å². The van der Waals surface area contributed by atoms with Crippen LogP contribution in [0, 0.1) is 29.1 Å². The molecule has 5 fully saturated rings. The highest BCUT2D eigenvalue weighted by Crippen LogP contribution is 2.71. The van der Waals surface area contributed by atoms with Crippen LogP contribution in [0.4, 0.5) is 4.79 Å². The smallest absolute Gasteiger partial charge is 0.407 e. The Hall–Kier alpha value is -2.04. The van der Waals surface area contributed by atoms with Gasteiger partial charge < -0.3 is 14.9 Å². The third-order valence-electron chi connectivity index (χ3n) is 10.5. The van der Waals surface area contributed by atoms with E-state index in [0.717, 1.165) is 30.6 Å². The van der Waals surface area contributed by atoms with Gasteiger partial charge in [0.05, 0.1) is 0 Å². The Morgan fingerprint density at radius 1 is 1.00 bits per heavy atom. The van der Waals surface area contributed by atoms with Gasteiger partial charge in [0.2, 0.25) is 5.91 Å². The molecule has 2 amide bonds. The highest BCUT2D eigenvalue weighted by molar-refractivity contribution is 5.77. The molecule has 2 unspecified atom stereocenters. The highest BCUT2D eigenvalue weighted by atomic mass is 16.4. The lowest BCUT2D eigenvalue weighted by molar-refractivity contribution is -0.134. The Balaban J connectivity index is 1.47. The molecular weight excluding hydrogens is 412 g/mol. The van der Waals surface area contributed by atoms with Crippen LogP contribution in [-0.2, 0) is 10.2 Å². The monoisotopic (exact) mass is 450 g/mol. The summed E-state index contributed by atoms with van der Waals surface area (Å²) >= 11 is 0. The van der Waals surface area contributed by atoms with E-state index in [9.17, 15) is 14.7 Å². The molecule has 1 saturated heterocycles. The first-order chi connectivity index (χ1) is 15.8. The summed E-state index contributed by atoms with van der Waals surface area (Å²) in [5.74, 6) is 3.52. The summed E-state index contributed by atoms with van der Waals surface area (Å²) in [6.45, 7) is 1.22. The molecule has 5 heteroatoms. The van der Waals surface area contributed by atoms with Crippen molar-refractivity contribution >= 4 is 12.0 Å². The van der Waals surface area contributed by atoms with Crippen LogP contribution in [0.25, 0.3) is 0 Å². The predicted molar refractivity (Wildman–Crippen MR) is 127 cm³/mol. The molecule has 7 rings (SSSR count). The van der Waals surface area contributed by atoms with Gasteiger partial charge in [-0.15, -0.1) is 0 Å². The molecule has 1 aliphatic heterocycles. The van der Waals surface area contributed by atoms with E-state index in [1.807, 2.05) is 14.1 Å². The SMILES string of the molecule is CN(C)C(=O)CC1c2ccccc2C2(CCN(C(=O)O)CC2)C1C12CC3CC(CC(C3)C1)C2. The van der Waals surface area contributed by atoms with Crippen molar-refractivity contribution in [3.05, 3.63) is 35.4 Å². The van der Waals surface area contributed by atoms with Gasteiger partial charge >= 0.3 is 6.09 Å².